The molecule has 0 aromatic heterocycles. The maximum atomic E-state index is 12.9. The fourth-order valence-electron chi connectivity index (χ4n) is 0.703. The molecule has 12 heavy (non-hydrogen) atoms. The lowest BCUT2D eigenvalue weighted by molar-refractivity contribution is 0.321. The number of oxime groups is 1. The van der Waals surface area contributed by atoms with Crippen molar-refractivity contribution >= 4 is 17.8 Å². The molecule has 2 nitrogen and oxygen atoms in total. The molecular formula is C7H4ClF2NO. The van der Waals surface area contributed by atoms with Gasteiger partial charge >= 0.3 is 0 Å². The number of hydrogen-bond donors (Lipinski definition) is 1. The van der Waals surface area contributed by atoms with E-state index in [2.05, 4.69) is 5.16 Å². The van der Waals surface area contributed by atoms with Crippen LogP contribution >= 0.6 is 11.6 Å². The molecule has 1 N–H and O–H groups in total. The van der Waals surface area contributed by atoms with Crippen LogP contribution in [0.4, 0.5) is 8.78 Å². The van der Waals surface area contributed by atoms with E-state index in [0.29, 0.717) is 0 Å². The second-order valence-electron chi connectivity index (χ2n) is 2.01. The highest BCUT2D eigenvalue weighted by Gasteiger charge is 2.09. The van der Waals surface area contributed by atoms with Crippen LogP contribution in [0, 0.1) is 11.6 Å². The Bertz CT molecular complexity index is 327. The Morgan fingerprint density at radius 2 is 2.08 bits per heavy atom. The second kappa shape index (κ2) is 3.49. The van der Waals surface area contributed by atoms with E-state index in [-0.39, 0.29) is 5.56 Å². The van der Waals surface area contributed by atoms with Crippen LogP contribution in [0.15, 0.2) is 17.3 Å². The number of halogens is 3. The van der Waals surface area contributed by atoms with Gasteiger partial charge in [0.15, 0.2) is 5.82 Å². The maximum Gasteiger partial charge on any atom is 0.153 e. The average molecular weight is 192 g/mol. The zero-order chi connectivity index (χ0) is 9.14. The Morgan fingerprint density at radius 3 is 2.67 bits per heavy atom. The summed E-state index contributed by atoms with van der Waals surface area (Å²) in [5.41, 5.74) is -0.0658. The van der Waals surface area contributed by atoms with E-state index in [9.17, 15) is 8.78 Å². The summed E-state index contributed by atoms with van der Waals surface area (Å²) < 4.78 is 25.4. The lowest BCUT2D eigenvalue weighted by atomic mass is 10.2. The minimum absolute atomic E-state index is 0.0658. The molecule has 5 heteroatoms. The molecule has 0 aliphatic rings. The van der Waals surface area contributed by atoms with E-state index in [1.54, 1.807) is 0 Å². The Kier molecular flexibility index (Phi) is 2.60. The van der Waals surface area contributed by atoms with Crippen molar-refractivity contribution in [3.63, 3.8) is 0 Å². The van der Waals surface area contributed by atoms with Gasteiger partial charge in [-0.2, -0.15) is 0 Å². The molecule has 0 fully saturated rings. The maximum absolute atomic E-state index is 12.9. The van der Waals surface area contributed by atoms with Gasteiger partial charge in [0, 0.05) is 5.56 Å². The third kappa shape index (κ3) is 1.53. The Labute approximate surface area is 72.1 Å². The fourth-order valence-corrected chi connectivity index (χ4v) is 0.875. The second-order valence-corrected chi connectivity index (χ2v) is 2.39. The van der Waals surface area contributed by atoms with Crippen molar-refractivity contribution in [2.24, 2.45) is 5.16 Å². The van der Waals surface area contributed by atoms with E-state index in [4.69, 9.17) is 16.8 Å². The van der Waals surface area contributed by atoms with Crippen LogP contribution in [-0.4, -0.2) is 11.4 Å². The van der Waals surface area contributed by atoms with Crippen molar-refractivity contribution in [1.29, 1.82) is 0 Å². The number of benzene rings is 1. The third-order valence-corrected chi connectivity index (χ3v) is 1.61. The van der Waals surface area contributed by atoms with Crippen molar-refractivity contribution in [3.05, 3.63) is 34.4 Å². The molecule has 0 amide bonds. The van der Waals surface area contributed by atoms with Crippen LogP contribution in [0.1, 0.15) is 5.56 Å². The molecule has 0 atom stereocenters. The van der Waals surface area contributed by atoms with Crippen molar-refractivity contribution in [2.75, 3.05) is 0 Å². The van der Waals surface area contributed by atoms with Crippen molar-refractivity contribution in [2.45, 2.75) is 0 Å². The normalized spacial score (nSPS) is 10.9. The first-order valence-electron chi connectivity index (χ1n) is 2.97. The van der Waals surface area contributed by atoms with Crippen LogP contribution in [0.3, 0.4) is 0 Å². The summed E-state index contributed by atoms with van der Waals surface area (Å²) in [5.74, 6) is -1.78. The van der Waals surface area contributed by atoms with Crippen LogP contribution in [0.2, 0.25) is 5.02 Å². The van der Waals surface area contributed by atoms with E-state index in [1.807, 2.05) is 0 Å². The summed E-state index contributed by atoms with van der Waals surface area (Å²) >= 11 is 5.23. The molecular weight excluding hydrogens is 188 g/mol. The topological polar surface area (TPSA) is 32.6 Å². The molecule has 0 spiro atoms. The van der Waals surface area contributed by atoms with Crippen LogP contribution in [-0.2, 0) is 0 Å². The molecule has 0 radical (unpaired) electrons. The summed E-state index contributed by atoms with van der Waals surface area (Å²) in [6.07, 6.45) is 0.834. The highest BCUT2D eigenvalue weighted by molar-refractivity contribution is 6.31. The van der Waals surface area contributed by atoms with Gasteiger partial charge in [0.1, 0.15) is 10.8 Å². The zero-order valence-corrected chi connectivity index (χ0v) is 6.52. The Hall–Kier alpha value is -1.16. The summed E-state index contributed by atoms with van der Waals surface area (Å²) in [6, 6.07) is 2.11. The van der Waals surface area contributed by atoms with Gasteiger partial charge in [0.05, 0.1) is 6.21 Å². The van der Waals surface area contributed by atoms with Gasteiger partial charge in [0.2, 0.25) is 0 Å². The summed E-state index contributed by atoms with van der Waals surface area (Å²) in [4.78, 5) is 0. The minimum atomic E-state index is -0.936. The van der Waals surface area contributed by atoms with E-state index in [0.717, 1.165) is 18.3 Å². The standard InChI is InChI=1S/C7H4ClF2NO/c8-6-5(9)2-1-4(3-11-12)7(6)10/h1-3,12H/b11-3+. The third-order valence-electron chi connectivity index (χ3n) is 1.26. The molecule has 1 rings (SSSR count). The van der Waals surface area contributed by atoms with Gasteiger partial charge < -0.3 is 5.21 Å². The first-order chi connectivity index (χ1) is 5.66. The van der Waals surface area contributed by atoms with E-state index < -0.39 is 16.7 Å². The summed E-state index contributed by atoms with van der Waals surface area (Å²) in [7, 11) is 0. The van der Waals surface area contributed by atoms with Crippen LogP contribution in [0.5, 0.6) is 0 Å². The number of hydrogen-bond acceptors (Lipinski definition) is 2. The Balaban J connectivity index is 3.26. The fraction of sp³-hybridized carbons (Fsp3) is 0. The predicted octanol–water partition coefficient (Wildman–Crippen LogP) is 2.43. The van der Waals surface area contributed by atoms with Gasteiger partial charge in [-0.3, -0.25) is 0 Å². The van der Waals surface area contributed by atoms with Crippen molar-refractivity contribution in [1.82, 2.24) is 0 Å². The van der Waals surface area contributed by atoms with Gasteiger partial charge in [-0.1, -0.05) is 16.8 Å². The van der Waals surface area contributed by atoms with Crippen molar-refractivity contribution < 1.29 is 14.0 Å². The first kappa shape index (κ1) is 8.93. The predicted molar refractivity (Wildman–Crippen MR) is 40.7 cm³/mol. The molecule has 0 heterocycles. The number of rotatable bonds is 1. The van der Waals surface area contributed by atoms with E-state index in [1.165, 1.54) is 0 Å². The van der Waals surface area contributed by atoms with Crippen LogP contribution < -0.4 is 0 Å². The molecule has 1 aromatic rings. The summed E-state index contributed by atoms with van der Waals surface area (Å²) in [5, 5.41) is 10.1. The van der Waals surface area contributed by atoms with Gasteiger partial charge in [0.25, 0.3) is 0 Å². The largest absolute Gasteiger partial charge is 0.411 e. The zero-order valence-electron chi connectivity index (χ0n) is 5.76. The quantitative estimate of drug-likeness (QED) is 0.314. The number of nitrogens with zero attached hydrogens (tertiary/aromatic N) is 1. The summed E-state index contributed by atoms with van der Waals surface area (Å²) in [6.45, 7) is 0. The molecule has 0 bridgehead atoms. The monoisotopic (exact) mass is 191 g/mol. The molecule has 0 unspecified atom stereocenters. The highest BCUT2D eigenvalue weighted by atomic mass is 35.5. The first-order valence-corrected chi connectivity index (χ1v) is 3.35. The smallest absolute Gasteiger partial charge is 0.153 e. The molecule has 0 aliphatic heterocycles. The van der Waals surface area contributed by atoms with Crippen LogP contribution in [0.25, 0.3) is 0 Å². The average Bonchev–Trinajstić information content (AvgIpc) is 2.07. The minimum Gasteiger partial charge on any atom is -0.411 e. The van der Waals surface area contributed by atoms with Gasteiger partial charge in [-0.05, 0) is 12.1 Å². The molecule has 1 aromatic carbocycles. The lowest BCUT2D eigenvalue weighted by Gasteiger charge is -1.98. The Morgan fingerprint density at radius 1 is 1.42 bits per heavy atom. The molecule has 0 saturated carbocycles. The van der Waals surface area contributed by atoms with Gasteiger partial charge in [-0.25, -0.2) is 8.78 Å². The van der Waals surface area contributed by atoms with E-state index >= 15 is 0 Å². The van der Waals surface area contributed by atoms with Crippen molar-refractivity contribution in [3.8, 4) is 0 Å². The van der Waals surface area contributed by atoms with Gasteiger partial charge in [-0.15, -0.1) is 0 Å². The molecule has 0 aliphatic carbocycles. The molecule has 64 valence electrons. The molecule has 0 saturated heterocycles. The highest BCUT2D eigenvalue weighted by Crippen LogP contribution is 2.20. The SMILES string of the molecule is O/N=C/c1ccc(F)c(Cl)c1F. The lowest BCUT2D eigenvalue weighted by Crippen LogP contribution is -1.91.